The van der Waals surface area contributed by atoms with Gasteiger partial charge in [0.05, 0.1) is 37.5 Å². The van der Waals surface area contributed by atoms with Gasteiger partial charge < -0.3 is 14.8 Å². The van der Waals surface area contributed by atoms with Crippen LogP contribution < -0.4 is 10.3 Å². The van der Waals surface area contributed by atoms with Gasteiger partial charge in [0.25, 0.3) is 5.56 Å². The number of nitrogens with zero attached hydrogens (tertiary/aromatic N) is 2. The fraction of sp³-hybridized carbons (Fsp3) is 0.308. The van der Waals surface area contributed by atoms with Gasteiger partial charge in [0.2, 0.25) is 15.8 Å². The summed E-state index contributed by atoms with van der Waals surface area (Å²) in [6.07, 6.45) is 2.23. The first-order valence-corrected chi connectivity index (χ1v) is 13.4. The predicted molar refractivity (Wildman–Crippen MR) is 136 cm³/mol. The van der Waals surface area contributed by atoms with Crippen molar-refractivity contribution < 1.29 is 18.3 Å². The lowest BCUT2D eigenvalue weighted by Crippen LogP contribution is -2.35. The van der Waals surface area contributed by atoms with Gasteiger partial charge in [-0.25, -0.2) is 18.1 Å². The van der Waals surface area contributed by atoms with E-state index in [0.29, 0.717) is 5.56 Å². The number of hydrogen-bond acceptors (Lipinski definition) is 7. The number of benzene rings is 2. The number of morpholine rings is 1. The molecule has 0 bridgehead atoms. The molecule has 0 amide bonds. The average Bonchev–Trinajstić information content (AvgIpc) is 2.86. The van der Waals surface area contributed by atoms with Gasteiger partial charge in [-0.3, -0.25) is 9.69 Å². The molecule has 4 rings (SSSR count). The standard InChI is InChI=1S/C26H28N4O5S/c1-36(33,34)29-23(16-24-25(31)26(32)28-18-27-24)22-10-8-20(9-11-22)3-2-19-4-6-21(7-5-19)17-30-12-14-35-15-13-30/h4-11,18,23,29,31H,12-17H2,1H3,(H,27,28,32). The lowest BCUT2D eigenvalue weighted by molar-refractivity contribution is 0.0342. The SMILES string of the molecule is CS(=O)(=O)NC(Cc1nc[nH]c(=O)c1O)c1ccc(C#Cc2ccc(CN3CCOCC3)cc2)cc1. The molecule has 1 unspecified atom stereocenters. The summed E-state index contributed by atoms with van der Waals surface area (Å²) in [6, 6.07) is 14.6. The molecule has 10 heteroatoms. The second-order valence-corrected chi connectivity index (χ2v) is 10.4. The largest absolute Gasteiger partial charge is 0.502 e. The van der Waals surface area contributed by atoms with Crippen LogP contribution in [-0.4, -0.2) is 61.0 Å². The van der Waals surface area contributed by atoms with E-state index in [2.05, 4.69) is 43.6 Å². The summed E-state index contributed by atoms with van der Waals surface area (Å²) >= 11 is 0. The molecule has 0 radical (unpaired) electrons. The maximum atomic E-state index is 11.9. The Bertz CT molecular complexity index is 1400. The van der Waals surface area contributed by atoms with Gasteiger partial charge in [-0.05, 0) is 35.4 Å². The number of sulfonamides is 1. The molecular formula is C26H28N4O5S. The minimum atomic E-state index is -3.57. The minimum absolute atomic E-state index is 0.00461. The molecule has 36 heavy (non-hydrogen) atoms. The molecule has 2 aromatic carbocycles. The molecule has 0 spiro atoms. The number of ether oxygens (including phenoxy) is 1. The van der Waals surface area contributed by atoms with E-state index in [4.69, 9.17) is 4.74 Å². The summed E-state index contributed by atoms with van der Waals surface area (Å²) in [5, 5.41) is 10.0. The second-order valence-electron chi connectivity index (χ2n) is 8.63. The van der Waals surface area contributed by atoms with E-state index in [1.165, 1.54) is 11.9 Å². The molecule has 1 saturated heterocycles. The Morgan fingerprint density at radius 2 is 1.69 bits per heavy atom. The highest BCUT2D eigenvalue weighted by Crippen LogP contribution is 2.22. The van der Waals surface area contributed by atoms with E-state index in [1.807, 2.05) is 12.1 Å². The lowest BCUT2D eigenvalue weighted by Gasteiger charge is -2.26. The Labute approximate surface area is 210 Å². The Morgan fingerprint density at radius 3 is 2.31 bits per heavy atom. The van der Waals surface area contributed by atoms with Gasteiger partial charge in [0.15, 0.2) is 0 Å². The van der Waals surface area contributed by atoms with Crippen molar-refractivity contribution in [1.29, 1.82) is 0 Å². The zero-order valence-corrected chi connectivity index (χ0v) is 20.7. The van der Waals surface area contributed by atoms with Crippen LogP contribution in [0.1, 0.15) is 34.0 Å². The number of rotatable bonds is 7. The minimum Gasteiger partial charge on any atom is -0.502 e. The van der Waals surface area contributed by atoms with Gasteiger partial charge in [-0.2, -0.15) is 0 Å². The second kappa shape index (κ2) is 11.5. The molecule has 2 heterocycles. The fourth-order valence-corrected chi connectivity index (χ4v) is 4.65. The first-order valence-electron chi connectivity index (χ1n) is 11.5. The van der Waals surface area contributed by atoms with Crippen molar-refractivity contribution in [3.05, 3.63) is 93.2 Å². The molecule has 9 nitrogen and oxygen atoms in total. The first-order chi connectivity index (χ1) is 17.3. The van der Waals surface area contributed by atoms with Crippen molar-refractivity contribution in [3.8, 4) is 17.6 Å². The van der Waals surface area contributed by atoms with E-state index >= 15 is 0 Å². The molecule has 1 aromatic heterocycles. The Balaban J connectivity index is 1.46. The molecular weight excluding hydrogens is 480 g/mol. The maximum absolute atomic E-state index is 11.9. The Morgan fingerprint density at radius 1 is 1.08 bits per heavy atom. The molecule has 3 aromatic rings. The summed E-state index contributed by atoms with van der Waals surface area (Å²) < 4.78 is 31.8. The summed E-state index contributed by atoms with van der Waals surface area (Å²) in [4.78, 5) is 20.3. The number of H-pyrrole nitrogens is 1. The number of aromatic amines is 1. The third-order valence-corrected chi connectivity index (χ3v) is 6.50. The van der Waals surface area contributed by atoms with Crippen LogP contribution >= 0.6 is 0 Å². The van der Waals surface area contributed by atoms with Gasteiger partial charge >= 0.3 is 0 Å². The number of aromatic nitrogens is 2. The zero-order chi connectivity index (χ0) is 25.5. The van der Waals surface area contributed by atoms with Crippen LogP contribution in [-0.2, 0) is 27.7 Å². The van der Waals surface area contributed by atoms with Crippen LogP contribution in [0.25, 0.3) is 0 Å². The number of hydrogen-bond donors (Lipinski definition) is 3. The van der Waals surface area contributed by atoms with Crippen molar-refractivity contribution in [3.63, 3.8) is 0 Å². The highest BCUT2D eigenvalue weighted by atomic mass is 32.2. The highest BCUT2D eigenvalue weighted by Gasteiger charge is 2.20. The van der Waals surface area contributed by atoms with Gasteiger partial charge in [0, 0.05) is 37.2 Å². The van der Waals surface area contributed by atoms with Gasteiger partial charge in [0.1, 0.15) is 0 Å². The van der Waals surface area contributed by atoms with Gasteiger partial charge in [-0.15, -0.1) is 0 Å². The van der Waals surface area contributed by atoms with Crippen molar-refractivity contribution in [2.45, 2.75) is 19.0 Å². The van der Waals surface area contributed by atoms with Gasteiger partial charge in [-0.1, -0.05) is 36.1 Å². The fourth-order valence-electron chi connectivity index (χ4n) is 3.91. The van der Waals surface area contributed by atoms with Crippen LogP contribution in [0.4, 0.5) is 0 Å². The summed E-state index contributed by atoms with van der Waals surface area (Å²) in [5.41, 5.74) is 2.97. The Kier molecular flexibility index (Phi) is 8.18. The molecule has 0 aliphatic carbocycles. The maximum Gasteiger partial charge on any atom is 0.293 e. The van der Waals surface area contributed by atoms with Crippen molar-refractivity contribution in [2.24, 2.45) is 0 Å². The topological polar surface area (TPSA) is 125 Å². The molecule has 1 atom stereocenters. The third kappa shape index (κ3) is 7.26. The monoisotopic (exact) mass is 508 g/mol. The predicted octanol–water partition coefficient (Wildman–Crippen LogP) is 1.54. The van der Waals surface area contributed by atoms with Crippen LogP contribution in [0, 0.1) is 11.8 Å². The van der Waals surface area contributed by atoms with Crippen molar-refractivity contribution in [2.75, 3.05) is 32.6 Å². The Hall–Kier alpha value is -3.49. The van der Waals surface area contributed by atoms with E-state index < -0.39 is 27.4 Å². The molecule has 0 saturated carbocycles. The van der Waals surface area contributed by atoms with Crippen molar-refractivity contribution in [1.82, 2.24) is 19.6 Å². The third-order valence-electron chi connectivity index (χ3n) is 5.79. The van der Waals surface area contributed by atoms with E-state index in [9.17, 15) is 18.3 Å². The van der Waals surface area contributed by atoms with Crippen LogP contribution in [0.15, 0.2) is 59.7 Å². The molecule has 3 N–H and O–H groups in total. The van der Waals surface area contributed by atoms with Crippen LogP contribution in [0.5, 0.6) is 5.75 Å². The molecule has 188 valence electrons. The molecule has 1 fully saturated rings. The normalized spacial score (nSPS) is 15.1. The summed E-state index contributed by atoms with van der Waals surface area (Å²) in [5.74, 6) is 5.75. The smallest absolute Gasteiger partial charge is 0.293 e. The van der Waals surface area contributed by atoms with Crippen molar-refractivity contribution >= 4 is 10.0 Å². The van der Waals surface area contributed by atoms with Crippen LogP contribution in [0.2, 0.25) is 0 Å². The first kappa shape index (κ1) is 25.6. The number of nitrogens with one attached hydrogen (secondary N) is 2. The highest BCUT2D eigenvalue weighted by molar-refractivity contribution is 7.88. The quantitative estimate of drug-likeness (QED) is 0.414. The van der Waals surface area contributed by atoms with E-state index in [1.54, 1.807) is 24.3 Å². The summed E-state index contributed by atoms with van der Waals surface area (Å²) in [7, 11) is -3.57. The number of aromatic hydroxyl groups is 1. The van der Waals surface area contributed by atoms with E-state index in [-0.39, 0.29) is 12.1 Å². The van der Waals surface area contributed by atoms with E-state index in [0.717, 1.165) is 50.2 Å². The summed E-state index contributed by atoms with van der Waals surface area (Å²) in [6.45, 7) is 4.34. The van der Waals surface area contributed by atoms with Crippen LogP contribution in [0.3, 0.4) is 0 Å². The zero-order valence-electron chi connectivity index (χ0n) is 19.9. The molecule has 1 aliphatic heterocycles. The average molecular weight is 509 g/mol. The lowest BCUT2D eigenvalue weighted by atomic mass is 10.0. The molecule has 1 aliphatic rings.